The predicted molar refractivity (Wildman–Crippen MR) is 127 cm³/mol. The molecule has 1 aliphatic rings. The maximum Gasteiger partial charge on any atom is 0.254 e. The average molecular weight is 437 g/mol. The van der Waals surface area contributed by atoms with Gasteiger partial charge >= 0.3 is 0 Å². The van der Waals surface area contributed by atoms with Gasteiger partial charge in [0, 0.05) is 64.5 Å². The van der Waals surface area contributed by atoms with Crippen molar-refractivity contribution in [3.63, 3.8) is 0 Å². The molecule has 1 aliphatic heterocycles. The number of carbonyl (C=O) groups excluding carboxylic acids is 3. The number of likely N-dealkylation sites (N-methyl/N-ethyl adjacent to an activating group) is 1. The number of anilines is 2. The summed E-state index contributed by atoms with van der Waals surface area (Å²) in [6.07, 6.45) is 1.68. The van der Waals surface area contributed by atoms with Gasteiger partial charge < -0.3 is 20.0 Å². The van der Waals surface area contributed by atoms with Crippen molar-refractivity contribution in [1.29, 1.82) is 0 Å². The Morgan fingerprint density at radius 1 is 1.00 bits per heavy atom. The summed E-state index contributed by atoms with van der Waals surface area (Å²) in [5, 5.41) is 2.92. The molecule has 32 heavy (non-hydrogen) atoms. The third-order valence-corrected chi connectivity index (χ3v) is 5.71. The topological polar surface area (TPSA) is 73.0 Å². The van der Waals surface area contributed by atoms with Gasteiger partial charge in [0.1, 0.15) is 6.04 Å². The molecule has 3 rings (SSSR count). The van der Waals surface area contributed by atoms with Gasteiger partial charge in [-0.05, 0) is 53.9 Å². The molecule has 1 N–H and O–H groups in total. The highest BCUT2D eigenvalue weighted by atomic mass is 16.2. The molecule has 1 atom stereocenters. The first-order valence-electron chi connectivity index (χ1n) is 10.9. The molecule has 0 aromatic heterocycles. The largest absolute Gasteiger partial charge is 0.378 e. The first-order chi connectivity index (χ1) is 15.2. The second-order valence-corrected chi connectivity index (χ2v) is 8.61. The van der Waals surface area contributed by atoms with Crippen LogP contribution in [0.2, 0.25) is 0 Å². The zero-order chi connectivity index (χ0) is 23.4. The number of rotatable bonds is 6. The lowest BCUT2D eigenvalue weighted by Crippen LogP contribution is -2.52. The Morgan fingerprint density at radius 2 is 1.69 bits per heavy atom. The molecule has 1 heterocycles. The van der Waals surface area contributed by atoms with Crippen LogP contribution in [0.5, 0.6) is 0 Å². The smallest absolute Gasteiger partial charge is 0.254 e. The van der Waals surface area contributed by atoms with Crippen molar-refractivity contribution in [1.82, 2.24) is 9.80 Å². The van der Waals surface area contributed by atoms with Crippen LogP contribution in [0.1, 0.15) is 41.3 Å². The highest BCUT2D eigenvalue weighted by Gasteiger charge is 2.36. The van der Waals surface area contributed by atoms with Crippen molar-refractivity contribution in [3.8, 4) is 0 Å². The number of hydrogen-bond donors (Lipinski definition) is 1. The fourth-order valence-electron chi connectivity index (χ4n) is 3.91. The van der Waals surface area contributed by atoms with Gasteiger partial charge in [-0.15, -0.1) is 0 Å². The zero-order valence-corrected chi connectivity index (χ0v) is 19.5. The number of carbonyl (C=O) groups is 3. The van der Waals surface area contributed by atoms with Crippen LogP contribution < -0.4 is 10.2 Å². The normalized spacial score (nSPS) is 15.0. The Hall–Kier alpha value is -3.35. The summed E-state index contributed by atoms with van der Waals surface area (Å²) in [4.78, 5) is 43.5. The van der Waals surface area contributed by atoms with E-state index >= 15 is 0 Å². The lowest BCUT2D eigenvalue weighted by Gasteiger charge is -2.37. The van der Waals surface area contributed by atoms with E-state index in [2.05, 4.69) is 5.32 Å². The van der Waals surface area contributed by atoms with E-state index in [1.807, 2.05) is 56.3 Å². The summed E-state index contributed by atoms with van der Waals surface area (Å²) >= 11 is 0. The van der Waals surface area contributed by atoms with Crippen molar-refractivity contribution in [2.45, 2.75) is 38.8 Å². The van der Waals surface area contributed by atoms with Crippen LogP contribution in [-0.2, 0) is 22.6 Å². The number of nitrogens with one attached hydrogen (secondary N) is 1. The molecule has 0 radical (unpaired) electrons. The monoisotopic (exact) mass is 436 g/mol. The number of fused-ring (bicyclic) bond motifs is 1. The molecule has 7 nitrogen and oxygen atoms in total. The van der Waals surface area contributed by atoms with Crippen molar-refractivity contribution in [2.24, 2.45) is 0 Å². The lowest BCUT2D eigenvalue weighted by atomic mass is 9.92. The van der Waals surface area contributed by atoms with Gasteiger partial charge in [0.25, 0.3) is 5.91 Å². The van der Waals surface area contributed by atoms with Crippen LogP contribution in [0.25, 0.3) is 0 Å². The molecule has 0 fully saturated rings. The first-order valence-corrected chi connectivity index (χ1v) is 10.9. The van der Waals surface area contributed by atoms with Gasteiger partial charge in [0.15, 0.2) is 0 Å². The Labute approximate surface area is 190 Å². The quantitative estimate of drug-likeness (QED) is 0.755. The molecule has 0 aliphatic carbocycles. The molecule has 7 heteroatoms. The fourth-order valence-corrected chi connectivity index (χ4v) is 3.91. The summed E-state index contributed by atoms with van der Waals surface area (Å²) < 4.78 is 0. The van der Waals surface area contributed by atoms with Crippen LogP contribution >= 0.6 is 0 Å². The third-order valence-electron chi connectivity index (χ3n) is 5.71. The van der Waals surface area contributed by atoms with E-state index in [1.165, 1.54) is 4.90 Å². The van der Waals surface area contributed by atoms with E-state index in [0.29, 0.717) is 30.6 Å². The fraction of sp³-hybridized carbons (Fsp3) is 0.400. The number of amides is 3. The zero-order valence-electron chi connectivity index (χ0n) is 19.5. The third kappa shape index (κ3) is 5.10. The summed E-state index contributed by atoms with van der Waals surface area (Å²) in [6.45, 7) is 2.27. The van der Waals surface area contributed by atoms with Crippen molar-refractivity contribution in [2.75, 3.05) is 38.4 Å². The first kappa shape index (κ1) is 23.3. The molecule has 2 aromatic carbocycles. The maximum absolute atomic E-state index is 13.4. The molecule has 0 unspecified atom stereocenters. The second kappa shape index (κ2) is 9.85. The highest BCUT2D eigenvalue weighted by molar-refractivity contribution is 5.98. The summed E-state index contributed by atoms with van der Waals surface area (Å²) in [7, 11) is 7.31. The molecule has 0 saturated heterocycles. The van der Waals surface area contributed by atoms with Crippen LogP contribution in [0.3, 0.4) is 0 Å². The standard InChI is InChI=1S/C25H32N4O3/c1-6-7-23(30)26-20-11-8-18-15-22(25(32)28(4)5)29(16-19(18)14-20)24(31)17-9-12-21(13-10-17)27(2)3/h8-14,22H,6-7,15-16H2,1-5H3,(H,26,30)/t22-/m0/s1. The average Bonchev–Trinajstić information content (AvgIpc) is 2.77. The van der Waals surface area contributed by atoms with Crippen molar-refractivity contribution in [3.05, 3.63) is 59.2 Å². The Morgan fingerprint density at radius 3 is 2.28 bits per heavy atom. The van der Waals surface area contributed by atoms with Gasteiger partial charge in [-0.25, -0.2) is 0 Å². The summed E-state index contributed by atoms with van der Waals surface area (Å²) in [6, 6.07) is 12.5. The van der Waals surface area contributed by atoms with E-state index in [4.69, 9.17) is 0 Å². The van der Waals surface area contributed by atoms with Gasteiger partial charge in [0.2, 0.25) is 11.8 Å². The number of benzene rings is 2. The summed E-state index contributed by atoms with van der Waals surface area (Å²) in [5.74, 6) is -0.311. The minimum atomic E-state index is -0.570. The Kier molecular flexibility index (Phi) is 7.18. The van der Waals surface area contributed by atoms with Crippen LogP contribution in [0.15, 0.2) is 42.5 Å². The van der Waals surface area contributed by atoms with Gasteiger partial charge in [-0.2, -0.15) is 0 Å². The van der Waals surface area contributed by atoms with Crippen LogP contribution in [0.4, 0.5) is 11.4 Å². The molecule has 0 spiro atoms. The van der Waals surface area contributed by atoms with Crippen molar-refractivity contribution < 1.29 is 14.4 Å². The highest BCUT2D eigenvalue weighted by Crippen LogP contribution is 2.29. The van der Waals surface area contributed by atoms with Crippen LogP contribution in [0, 0.1) is 0 Å². The molecule has 2 aromatic rings. The van der Waals surface area contributed by atoms with E-state index in [0.717, 1.165) is 23.2 Å². The van der Waals surface area contributed by atoms with E-state index < -0.39 is 6.04 Å². The minimum absolute atomic E-state index is 0.0298. The molecule has 0 saturated carbocycles. The van der Waals surface area contributed by atoms with E-state index in [-0.39, 0.29) is 17.7 Å². The number of hydrogen-bond acceptors (Lipinski definition) is 4. The maximum atomic E-state index is 13.4. The second-order valence-electron chi connectivity index (χ2n) is 8.61. The molecular weight excluding hydrogens is 404 g/mol. The van der Waals surface area contributed by atoms with Crippen LogP contribution in [-0.4, -0.2) is 61.8 Å². The van der Waals surface area contributed by atoms with Gasteiger partial charge in [-0.1, -0.05) is 13.0 Å². The molecular formula is C25H32N4O3. The Bertz CT molecular complexity index is 999. The van der Waals surface area contributed by atoms with Gasteiger partial charge in [0.05, 0.1) is 0 Å². The van der Waals surface area contributed by atoms with E-state index in [1.54, 1.807) is 31.1 Å². The predicted octanol–water partition coefficient (Wildman–Crippen LogP) is 3.15. The number of nitrogens with zero attached hydrogens (tertiary/aromatic N) is 3. The molecule has 0 bridgehead atoms. The molecule has 170 valence electrons. The van der Waals surface area contributed by atoms with Gasteiger partial charge in [-0.3, -0.25) is 14.4 Å². The minimum Gasteiger partial charge on any atom is -0.378 e. The Balaban J connectivity index is 1.92. The molecule has 3 amide bonds. The summed E-state index contributed by atoms with van der Waals surface area (Å²) in [5.41, 5.74) is 4.22. The SMILES string of the molecule is CCCC(=O)Nc1ccc2c(c1)CN(C(=O)c1ccc(N(C)C)cc1)[C@H](C(=O)N(C)C)C2. The lowest BCUT2D eigenvalue weighted by molar-refractivity contribution is -0.134. The van der Waals surface area contributed by atoms with Crippen molar-refractivity contribution >= 4 is 29.1 Å². The van der Waals surface area contributed by atoms with E-state index in [9.17, 15) is 14.4 Å².